The molecule has 2 aromatic carbocycles. The number of methoxy groups -OCH3 is 1. The van der Waals surface area contributed by atoms with Crippen molar-refractivity contribution in [3.05, 3.63) is 58.6 Å². The van der Waals surface area contributed by atoms with Gasteiger partial charge in [0.2, 0.25) is 10.0 Å². The standard InChI is InChI=1S/C18H22ClN3O4S/c1-12(14-5-3-4-6-16(14)26-2)21-9-10-22-18(23)13-7-8-15(19)17(11-13)27(20,24)25/h3-8,11-12,21H,9-10H2,1-2H3,(H,22,23)(H2,20,24,25)/t12-/m1/s1. The third-order valence-electron chi connectivity index (χ3n) is 3.97. The first-order chi connectivity index (χ1) is 12.7. The summed E-state index contributed by atoms with van der Waals surface area (Å²) in [5.41, 5.74) is 1.18. The van der Waals surface area contributed by atoms with Gasteiger partial charge < -0.3 is 15.4 Å². The molecule has 2 rings (SSSR count). The summed E-state index contributed by atoms with van der Waals surface area (Å²) in [4.78, 5) is 11.9. The fourth-order valence-corrected chi connectivity index (χ4v) is 3.63. The highest BCUT2D eigenvalue weighted by atomic mass is 35.5. The van der Waals surface area contributed by atoms with Gasteiger partial charge in [0.25, 0.3) is 5.91 Å². The molecule has 0 radical (unpaired) electrons. The lowest BCUT2D eigenvalue weighted by Crippen LogP contribution is -2.33. The van der Waals surface area contributed by atoms with Crippen LogP contribution in [0.25, 0.3) is 0 Å². The summed E-state index contributed by atoms with van der Waals surface area (Å²) in [6.07, 6.45) is 0. The lowest BCUT2D eigenvalue weighted by atomic mass is 10.1. The number of para-hydroxylation sites is 1. The third-order valence-corrected chi connectivity index (χ3v) is 5.36. The smallest absolute Gasteiger partial charge is 0.251 e. The minimum atomic E-state index is -4.00. The van der Waals surface area contributed by atoms with E-state index in [9.17, 15) is 13.2 Å². The highest BCUT2D eigenvalue weighted by molar-refractivity contribution is 7.89. The molecule has 9 heteroatoms. The number of amides is 1. The van der Waals surface area contributed by atoms with Crippen LogP contribution >= 0.6 is 11.6 Å². The largest absolute Gasteiger partial charge is 0.496 e. The Kier molecular flexibility index (Phi) is 7.20. The van der Waals surface area contributed by atoms with Crippen molar-refractivity contribution in [2.75, 3.05) is 20.2 Å². The Hall–Kier alpha value is -2.13. The Morgan fingerprint density at radius 3 is 2.59 bits per heavy atom. The lowest BCUT2D eigenvalue weighted by molar-refractivity contribution is 0.0953. The molecule has 0 heterocycles. The zero-order chi connectivity index (χ0) is 20.0. The first kappa shape index (κ1) is 21.2. The number of primary sulfonamides is 1. The SMILES string of the molecule is COc1ccccc1[C@@H](C)NCCNC(=O)c1ccc(Cl)c(S(N)(=O)=O)c1. The zero-order valence-electron chi connectivity index (χ0n) is 15.0. The summed E-state index contributed by atoms with van der Waals surface area (Å²) in [6, 6.07) is 11.7. The number of halogens is 1. The van der Waals surface area contributed by atoms with E-state index in [1.165, 1.54) is 12.1 Å². The van der Waals surface area contributed by atoms with Gasteiger partial charge >= 0.3 is 0 Å². The molecular weight excluding hydrogens is 390 g/mol. The second-order valence-electron chi connectivity index (χ2n) is 5.86. The molecule has 0 fully saturated rings. The molecule has 0 aromatic heterocycles. The Bertz CT molecular complexity index is 919. The van der Waals surface area contributed by atoms with Crippen LogP contribution in [-0.2, 0) is 10.0 Å². The van der Waals surface area contributed by atoms with Crippen molar-refractivity contribution in [3.63, 3.8) is 0 Å². The molecule has 0 aliphatic heterocycles. The monoisotopic (exact) mass is 411 g/mol. The number of nitrogens with two attached hydrogens (primary N) is 1. The summed E-state index contributed by atoms with van der Waals surface area (Å²) in [5.74, 6) is 0.376. The highest BCUT2D eigenvalue weighted by Gasteiger charge is 2.16. The number of nitrogens with one attached hydrogen (secondary N) is 2. The van der Waals surface area contributed by atoms with Gasteiger partial charge in [-0.3, -0.25) is 4.79 Å². The summed E-state index contributed by atoms with van der Waals surface area (Å²) < 4.78 is 28.3. The number of ether oxygens (including phenoxy) is 1. The Balaban J connectivity index is 1.91. The third kappa shape index (κ3) is 5.67. The van der Waals surface area contributed by atoms with Crippen LogP contribution in [0.4, 0.5) is 0 Å². The number of hydrogen-bond acceptors (Lipinski definition) is 5. The van der Waals surface area contributed by atoms with Gasteiger partial charge in [0.1, 0.15) is 10.6 Å². The lowest BCUT2D eigenvalue weighted by Gasteiger charge is -2.17. The molecule has 0 aliphatic rings. The van der Waals surface area contributed by atoms with E-state index < -0.39 is 15.9 Å². The average molecular weight is 412 g/mol. The number of carbonyl (C=O) groups excluding carboxylic acids is 1. The van der Waals surface area contributed by atoms with Crippen molar-refractivity contribution >= 4 is 27.5 Å². The molecular formula is C18H22ClN3O4S. The highest BCUT2D eigenvalue weighted by Crippen LogP contribution is 2.24. The van der Waals surface area contributed by atoms with Crippen LogP contribution in [0.15, 0.2) is 47.4 Å². The fraction of sp³-hybridized carbons (Fsp3) is 0.278. The van der Waals surface area contributed by atoms with E-state index >= 15 is 0 Å². The van der Waals surface area contributed by atoms with Gasteiger partial charge in [-0.1, -0.05) is 29.8 Å². The summed E-state index contributed by atoms with van der Waals surface area (Å²) >= 11 is 5.82. The van der Waals surface area contributed by atoms with E-state index in [1.54, 1.807) is 7.11 Å². The predicted molar refractivity (Wildman–Crippen MR) is 105 cm³/mol. The van der Waals surface area contributed by atoms with Crippen molar-refractivity contribution in [3.8, 4) is 5.75 Å². The minimum absolute atomic E-state index is 0.0265. The molecule has 0 saturated heterocycles. The van der Waals surface area contributed by atoms with E-state index in [0.717, 1.165) is 17.4 Å². The first-order valence-corrected chi connectivity index (χ1v) is 10.1. The van der Waals surface area contributed by atoms with E-state index in [0.29, 0.717) is 13.1 Å². The summed E-state index contributed by atoms with van der Waals surface area (Å²) in [7, 11) is -2.38. The number of carbonyl (C=O) groups is 1. The molecule has 2 aromatic rings. The Labute approximate surface area is 163 Å². The van der Waals surface area contributed by atoms with Crippen LogP contribution in [0.5, 0.6) is 5.75 Å². The molecule has 0 bridgehead atoms. The van der Waals surface area contributed by atoms with Gasteiger partial charge in [0, 0.05) is 30.3 Å². The van der Waals surface area contributed by atoms with Crippen LogP contribution in [0, 0.1) is 0 Å². The molecule has 146 valence electrons. The van der Waals surface area contributed by atoms with Crippen LogP contribution < -0.4 is 20.5 Å². The van der Waals surface area contributed by atoms with Gasteiger partial charge in [0.05, 0.1) is 12.1 Å². The van der Waals surface area contributed by atoms with E-state index in [-0.39, 0.29) is 21.5 Å². The zero-order valence-corrected chi connectivity index (χ0v) is 16.6. The molecule has 0 saturated carbocycles. The Morgan fingerprint density at radius 1 is 1.22 bits per heavy atom. The second kappa shape index (κ2) is 9.18. The molecule has 0 aliphatic carbocycles. The maximum Gasteiger partial charge on any atom is 0.251 e. The molecule has 4 N–H and O–H groups in total. The van der Waals surface area contributed by atoms with Crippen molar-refractivity contribution in [2.45, 2.75) is 17.9 Å². The quantitative estimate of drug-likeness (QED) is 0.576. The van der Waals surface area contributed by atoms with Crippen LogP contribution in [0.1, 0.15) is 28.9 Å². The average Bonchev–Trinajstić information content (AvgIpc) is 2.64. The van der Waals surface area contributed by atoms with Gasteiger partial charge in [-0.05, 0) is 31.2 Å². The summed E-state index contributed by atoms with van der Waals surface area (Å²) in [5, 5.41) is 11.1. The van der Waals surface area contributed by atoms with Crippen LogP contribution in [-0.4, -0.2) is 34.5 Å². The van der Waals surface area contributed by atoms with Crippen molar-refractivity contribution in [2.24, 2.45) is 5.14 Å². The van der Waals surface area contributed by atoms with E-state index in [1.807, 2.05) is 31.2 Å². The van der Waals surface area contributed by atoms with Gasteiger partial charge in [-0.15, -0.1) is 0 Å². The van der Waals surface area contributed by atoms with Crippen molar-refractivity contribution in [1.29, 1.82) is 0 Å². The van der Waals surface area contributed by atoms with Gasteiger partial charge in [0.15, 0.2) is 0 Å². The topological polar surface area (TPSA) is 111 Å². The van der Waals surface area contributed by atoms with Crippen LogP contribution in [0.2, 0.25) is 5.02 Å². The molecule has 1 atom stereocenters. The predicted octanol–water partition coefficient (Wildman–Crippen LogP) is 2.08. The normalized spacial score (nSPS) is 12.4. The number of hydrogen-bond donors (Lipinski definition) is 3. The molecule has 7 nitrogen and oxygen atoms in total. The second-order valence-corrected chi connectivity index (χ2v) is 7.80. The van der Waals surface area contributed by atoms with Crippen molar-refractivity contribution < 1.29 is 17.9 Å². The molecule has 1 amide bonds. The summed E-state index contributed by atoms with van der Waals surface area (Å²) in [6.45, 7) is 2.86. The number of rotatable bonds is 8. The van der Waals surface area contributed by atoms with Crippen molar-refractivity contribution in [1.82, 2.24) is 10.6 Å². The molecule has 0 spiro atoms. The van der Waals surface area contributed by atoms with E-state index in [4.69, 9.17) is 21.5 Å². The van der Waals surface area contributed by atoms with Gasteiger partial charge in [-0.2, -0.15) is 0 Å². The van der Waals surface area contributed by atoms with E-state index in [2.05, 4.69) is 10.6 Å². The number of benzene rings is 2. The molecule has 0 unspecified atom stereocenters. The van der Waals surface area contributed by atoms with Crippen LogP contribution in [0.3, 0.4) is 0 Å². The Morgan fingerprint density at radius 2 is 1.93 bits per heavy atom. The minimum Gasteiger partial charge on any atom is -0.496 e. The molecule has 27 heavy (non-hydrogen) atoms. The van der Waals surface area contributed by atoms with Gasteiger partial charge in [-0.25, -0.2) is 13.6 Å². The fourth-order valence-electron chi connectivity index (χ4n) is 2.56. The maximum atomic E-state index is 12.2. The first-order valence-electron chi connectivity index (χ1n) is 8.21. The number of sulfonamides is 1. The maximum absolute atomic E-state index is 12.2.